The first-order chi connectivity index (χ1) is 9.88. The topological polar surface area (TPSA) is 63.1 Å². The van der Waals surface area contributed by atoms with Gasteiger partial charge in [0.2, 0.25) is 0 Å². The third kappa shape index (κ3) is 3.61. The molecule has 4 nitrogen and oxygen atoms in total. The van der Waals surface area contributed by atoms with Crippen LogP contribution in [0.15, 0.2) is 23.4 Å². The number of hydrogen-bond donors (Lipinski definition) is 1. The van der Waals surface area contributed by atoms with Gasteiger partial charge in [-0.2, -0.15) is 0 Å². The van der Waals surface area contributed by atoms with E-state index in [2.05, 4.69) is 9.97 Å². The van der Waals surface area contributed by atoms with Crippen molar-refractivity contribution < 1.29 is 9.90 Å². The van der Waals surface area contributed by atoms with Gasteiger partial charge in [0.1, 0.15) is 5.75 Å². The first-order valence-electron chi connectivity index (χ1n) is 6.66. The molecule has 0 saturated heterocycles. The van der Waals surface area contributed by atoms with Crippen LogP contribution in [0.4, 0.5) is 0 Å². The molecule has 1 N–H and O–H groups in total. The number of ketones is 1. The van der Waals surface area contributed by atoms with E-state index in [-0.39, 0.29) is 11.5 Å². The van der Waals surface area contributed by atoms with Crippen molar-refractivity contribution in [3.8, 4) is 5.75 Å². The molecule has 1 heterocycles. The molecule has 5 heteroatoms. The predicted molar refractivity (Wildman–Crippen MR) is 83.9 cm³/mol. The fourth-order valence-corrected chi connectivity index (χ4v) is 2.79. The largest absolute Gasteiger partial charge is 0.508 e. The SMILES string of the molecule is CC(=O)c1ccc(O)c(CSc2nc(C)c(C)c(C)n2)c1. The first kappa shape index (κ1) is 15.5. The zero-order valence-corrected chi connectivity index (χ0v) is 13.4. The first-order valence-corrected chi connectivity index (χ1v) is 7.64. The van der Waals surface area contributed by atoms with Gasteiger partial charge in [0.05, 0.1) is 0 Å². The summed E-state index contributed by atoms with van der Waals surface area (Å²) in [4.78, 5) is 20.3. The Morgan fingerprint density at radius 2 is 1.81 bits per heavy atom. The standard InChI is InChI=1S/C16H18N2O2S/c1-9-10(2)17-16(18-11(9)3)21-8-14-7-13(12(4)19)5-6-15(14)20/h5-7,20H,8H2,1-4H3. The summed E-state index contributed by atoms with van der Waals surface area (Å²) in [6, 6.07) is 4.90. The van der Waals surface area contributed by atoms with Crippen LogP contribution in [-0.2, 0) is 5.75 Å². The smallest absolute Gasteiger partial charge is 0.188 e. The number of phenols is 1. The van der Waals surface area contributed by atoms with E-state index >= 15 is 0 Å². The average molecular weight is 302 g/mol. The molecule has 0 aliphatic carbocycles. The summed E-state index contributed by atoms with van der Waals surface area (Å²) in [5.41, 5.74) is 4.34. The molecule has 0 atom stereocenters. The van der Waals surface area contributed by atoms with E-state index in [1.807, 2.05) is 20.8 Å². The van der Waals surface area contributed by atoms with Crippen LogP contribution in [0.3, 0.4) is 0 Å². The number of aromatic nitrogens is 2. The summed E-state index contributed by atoms with van der Waals surface area (Å²) in [5, 5.41) is 10.6. The Balaban J connectivity index is 2.20. The average Bonchev–Trinajstić information content (AvgIpc) is 2.43. The van der Waals surface area contributed by atoms with Crippen molar-refractivity contribution >= 4 is 17.5 Å². The van der Waals surface area contributed by atoms with Gasteiger partial charge in [-0.1, -0.05) is 11.8 Å². The van der Waals surface area contributed by atoms with Crippen LogP contribution in [0.2, 0.25) is 0 Å². The van der Waals surface area contributed by atoms with Crippen LogP contribution < -0.4 is 0 Å². The number of thioether (sulfide) groups is 1. The highest BCUT2D eigenvalue weighted by Gasteiger charge is 2.09. The highest BCUT2D eigenvalue weighted by atomic mass is 32.2. The molecule has 2 rings (SSSR count). The summed E-state index contributed by atoms with van der Waals surface area (Å²) in [5.74, 6) is 0.696. The second-order valence-corrected chi connectivity index (χ2v) is 5.93. The Kier molecular flexibility index (Phi) is 4.63. The summed E-state index contributed by atoms with van der Waals surface area (Å²) < 4.78 is 0. The van der Waals surface area contributed by atoms with Crippen LogP contribution in [-0.4, -0.2) is 20.9 Å². The number of benzene rings is 1. The van der Waals surface area contributed by atoms with E-state index in [0.717, 1.165) is 17.0 Å². The predicted octanol–water partition coefficient (Wildman–Crippen LogP) is 3.60. The Labute approximate surface area is 128 Å². The van der Waals surface area contributed by atoms with Gasteiger partial charge in [-0.25, -0.2) is 9.97 Å². The molecule has 0 amide bonds. The Bertz CT molecular complexity index is 676. The molecule has 0 spiro atoms. The maximum absolute atomic E-state index is 11.4. The molecule has 0 aliphatic rings. The van der Waals surface area contributed by atoms with Crippen LogP contribution >= 0.6 is 11.8 Å². The lowest BCUT2D eigenvalue weighted by atomic mass is 10.1. The third-order valence-electron chi connectivity index (χ3n) is 3.45. The van der Waals surface area contributed by atoms with E-state index in [4.69, 9.17) is 0 Å². The fourth-order valence-electron chi connectivity index (χ4n) is 1.87. The van der Waals surface area contributed by atoms with E-state index < -0.39 is 0 Å². The molecule has 1 aromatic heterocycles. The maximum atomic E-state index is 11.4. The minimum Gasteiger partial charge on any atom is -0.508 e. The Morgan fingerprint density at radius 3 is 2.38 bits per heavy atom. The Hall–Kier alpha value is -1.88. The number of aryl methyl sites for hydroxylation is 2. The number of phenolic OH excluding ortho intramolecular Hbond substituents is 1. The van der Waals surface area contributed by atoms with Gasteiger partial charge in [0, 0.05) is 28.3 Å². The molecule has 0 saturated carbocycles. The van der Waals surface area contributed by atoms with Gasteiger partial charge in [-0.3, -0.25) is 4.79 Å². The highest BCUT2D eigenvalue weighted by Crippen LogP contribution is 2.27. The number of hydrogen-bond acceptors (Lipinski definition) is 5. The van der Waals surface area contributed by atoms with Gasteiger partial charge in [0.15, 0.2) is 10.9 Å². The molecule has 1 aromatic carbocycles. The molecule has 0 unspecified atom stereocenters. The normalized spacial score (nSPS) is 10.7. The lowest BCUT2D eigenvalue weighted by molar-refractivity contribution is 0.101. The van der Waals surface area contributed by atoms with Gasteiger partial charge >= 0.3 is 0 Å². The summed E-state index contributed by atoms with van der Waals surface area (Å²) in [6.45, 7) is 7.43. The van der Waals surface area contributed by atoms with E-state index in [9.17, 15) is 9.90 Å². The van der Waals surface area contributed by atoms with E-state index in [0.29, 0.717) is 22.0 Å². The molecular formula is C16H18N2O2S. The van der Waals surface area contributed by atoms with Crippen molar-refractivity contribution in [2.45, 2.75) is 38.6 Å². The number of carbonyl (C=O) groups is 1. The van der Waals surface area contributed by atoms with E-state index in [1.165, 1.54) is 18.7 Å². The molecule has 0 aliphatic heterocycles. The number of aromatic hydroxyl groups is 1. The molecule has 0 bridgehead atoms. The van der Waals surface area contributed by atoms with Crippen LogP contribution in [0, 0.1) is 20.8 Å². The second kappa shape index (κ2) is 6.26. The van der Waals surface area contributed by atoms with Crippen molar-refractivity contribution in [3.05, 3.63) is 46.3 Å². The van der Waals surface area contributed by atoms with Gasteiger partial charge in [-0.15, -0.1) is 0 Å². The number of carbonyl (C=O) groups excluding carboxylic acids is 1. The van der Waals surface area contributed by atoms with Crippen LogP contribution in [0.1, 0.15) is 39.8 Å². The minimum absolute atomic E-state index is 0.0143. The monoisotopic (exact) mass is 302 g/mol. The maximum Gasteiger partial charge on any atom is 0.188 e. The van der Waals surface area contributed by atoms with Crippen molar-refractivity contribution in [1.82, 2.24) is 9.97 Å². The summed E-state index contributed by atoms with van der Waals surface area (Å²) in [6.07, 6.45) is 0. The minimum atomic E-state index is -0.0143. The molecule has 110 valence electrons. The third-order valence-corrected chi connectivity index (χ3v) is 4.35. The molecule has 2 aromatic rings. The molecule has 0 fully saturated rings. The molecule has 21 heavy (non-hydrogen) atoms. The molecule has 0 radical (unpaired) electrons. The van der Waals surface area contributed by atoms with Crippen molar-refractivity contribution in [1.29, 1.82) is 0 Å². The zero-order valence-electron chi connectivity index (χ0n) is 12.6. The number of rotatable bonds is 4. The van der Waals surface area contributed by atoms with Crippen molar-refractivity contribution in [2.24, 2.45) is 0 Å². The highest BCUT2D eigenvalue weighted by molar-refractivity contribution is 7.98. The van der Waals surface area contributed by atoms with Crippen LogP contribution in [0.5, 0.6) is 5.75 Å². The molecular weight excluding hydrogens is 284 g/mol. The zero-order chi connectivity index (χ0) is 15.6. The van der Waals surface area contributed by atoms with Gasteiger partial charge < -0.3 is 5.11 Å². The summed E-state index contributed by atoms with van der Waals surface area (Å²) >= 11 is 1.45. The van der Waals surface area contributed by atoms with Crippen LogP contribution in [0.25, 0.3) is 0 Å². The quantitative estimate of drug-likeness (QED) is 0.531. The lowest BCUT2D eigenvalue weighted by Gasteiger charge is -2.08. The van der Waals surface area contributed by atoms with Crippen molar-refractivity contribution in [3.63, 3.8) is 0 Å². The van der Waals surface area contributed by atoms with Gasteiger partial charge in [-0.05, 0) is 51.5 Å². The lowest BCUT2D eigenvalue weighted by Crippen LogP contribution is -1.98. The van der Waals surface area contributed by atoms with Crippen molar-refractivity contribution in [2.75, 3.05) is 0 Å². The number of Topliss-reactive ketones (excluding diaryl/α,β-unsaturated/α-hetero) is 1. The summed E-state index contributed by atoms with van der Waals surface area (Å²) in [7, 11) is 0. The fraction of sp³-hybridized carbons (Fsp3) is 0.312. The van der Waals surface area contributed by atoms with Gasteiger partial charge in [0.25, 0.3) is 0 Å². The Morgan fingerprint density at radius 1 is 1.19 bits per heavy atom. The van der Waals surface area contributed by atoms with E-state index in [1.54, 1.807) is 18.2 Å². The second-order valence-electron chi connectivity index (χ2n) is 4.99. The number of nitrogens with zero attached hydrogens (tertiary/aromatic N) is 2.